The highest BCUT2D eigenvalue weighted by molar-refractivity contribution is 5.76. The Kier molecular flexibility index (Phi) is 12.9. The third-order valence-corrected chi connectivity index (χ3v) is 8.22. The number of rotatable bonds is 15. The lowest BCUT2D eigenvalue weighted by atomic mass is 9.99. The molecule has 1 aliphatic heterocycles. The van der Waals surface area contributed by atoms with Crippen LogP contribution in [-0.4, -0.2) is 46.7 Å². The van der Waals surface area contributed by atoms with Gasteiger partial charge in [0.15, 0.2) is 6.29 Å². The van der Waals surface area contributed by atoms with Crippen molar-refractivity contribution in [1.29, 1.82) is 0 Å². The number of hydroxylamine groups is 1. The fourth-order valence-corrected chi connectivity index (χ4v) is 5.38. The van der Waals surface area contributed by atoms with Crippen LogP contribution in [0.1, 0.15) is 91.7 Å². The van der Waals surface area contributed by atoms with Crippen LogP contribution >= 0.6 is 0 Å². The lowest BCUT2D eigenvalue weighted by Crippen LogP contribution is -2.38. The topological polar surface area (TPSA) is 120 Å². The highest BCUT2D eigenvalue weighted by Crippen LogP contribution is 2.38. The number of carbonyl (C=O) groups excluding carboxylic acids is 2. The molecule has 9 nitrogen and oxygen atoms in total. The molecule has 3 aromatic rings. The smallest absolute Gasteiger partial charge is 0.243 e. The fourth-order valence-electron chi connectivity index (χ4n) is 5.38. The number of carbonyl (C=O) groups is 2. The van der Waals surface area contributed by atoms with Crippen LogP contribution in [0.15, 0.2) is 78.9 Å². The van der Waals surface area contributed by atoms with Crippen LogP contribution in [0.3, 0.4) is 0 Å². The average Bonchev–Trinajstić information content (AvgIpc) is 3.07. The summed E-state index contributed by atoms with van der Waals surface area (Å²) in [6.07, 6.45) is 2.63. The Balaban J connectivity index is 1.36. The van der Waals surface area contributed by atoms with E-state index in [4.69, 9.17) is 14.7 Å². The molecule has 236 valence electrons. The van der Waals surface area contributed by atoms with Crippen LogP contribution in [0.5, 0.6) is 0 Å². The van der Waals surface area contributed by atoms with Gasteiger partial charge in [0.05, 0.1) is 18.8 Å². The van der Waals surface area contributed by atoms with Gasteiger partial charge in [-0.05, 0) is 49.1 Å². The Bertz CT molecular complexity index is 1300. The maximum Gasteiger partial charge on any atom is 0.243 e. The molecular formula is C35H45N3O6. The van der Waals surface area contributed by atoms with Crippen molar-refractivity contribution in [3.8, 4) is 0 Å². The van der Waals surface area contributed by atoms with E-state index in [2.05, 4.69) is 48.5 Å². The fraction of sp³-hybridized carbons (Fsp3) is 0.429. The molecular weight excluding hydrogens is 558 g/mol. The summed E-state index contributed by atoms with van der Waals surface area (Å²) < 4.78 is 13.0. The number of amides is 2. The second-order valence-electron chi connectivity index (χ2n) is 11.5. The number of benzene rings is 3. The Morgan fingerprint density at radius 1 is 0.864 bits per heavy atom. The number of hydrogen-bond donors (Lipinski definition) is 4. The third kappa shape index (κ3) is 9.97. The molecule has 0 unspecified atom stereocenters. The van der Waals surface area contributed by atoms with Gasteiger partial charge in [-0.3, -0.25) is 19.7 Å². The number of nitrogens with zero attached hydrogens (tertiary/aromatic N) is 1. The quantitative estimate of drug-likeness (QED) is 0.103. The van der Waals surface area contributed by atoms with E-state index in [1.54, 1.807) is 5.48 Å². The molecule has 4 atom stereocenters. The molecule has 0 spiro atoms. The Morgan fingerprint density at radius 3 is 2.16 bits per heavy atom. The van der Waals surface area contributed by atoms with Gasteiger partial charge in [-0.15, -0.1) is 0 Å². The lowest BCUT2D eigenvalue weighted by molar-refractivity contribution is -0.253. The second-order valence-corrected chi connectivity index (χ2v) is 11.5. The molecule has 0 saturated carbocycles. The van der Waals surface area contributed by atoms with Crippen molar-refractivity contribution in [2.75, 3.05) is 13.6 Å². The van der Waals surface area contributed by atoms with E-state index in [0.717, 1.165) is 35.2 Å². The number of aliphatic hydroxyl groups excluding tert-OH is 1. The van der Waals surface area contributed by atoms with Crippen molar-refractivity contribution < 1.29 is 29.4 Å². The zero-order valence-electron chi connectivity index (χ0n) is 25.7. The van der Waals surface area contributed by atoms with Crippen LogP contribution in [-0.2, 0) is 32.2 Å². The Morgan fingerprint density at radius 2 is 1.50 bits per heavy atom. The second kappa shape index (κ2) is 17.0. The molecule has 0 radical (unpaired) electrons. The highest BCUT2D eigenvalue weighted by Gasteiger charge is 2.33. The Hall–Kier alpha value is -3.60. The van der Waals surface area contributed by atoms with E-state index in [1.807, 2.05) is 54.6 Å². The van der Waals surface area contributed by atoms with Crippen LogP contribution in [0.4, 0.5) is 0 Å². The summed E-state index contributed by atoms with van der Waals surface area (Å²) in [5.41, 5.74) is 6.67. The first-order valence-electron chi connectivity index (χ1n) is 15.4. The van der Waals surface area contributed by atoms with E-state index in [9.17, 15) is 14.7 Å². The molecule has 1 fully saturated rings. The summed E-state index contributed by atoms with van der Waals surface area (Å²) in [4.78, 5) is 25.6. The number of unbranched alkanes of at least 4 members (excludes halogenated alkanes) is 2. The lowest BCUT2D eigenvalue weighted by Gasteiger charge is -2.39. The summed E-state index contributed by atoms with van der Waals surface area (Å²) in [5, 5.41) is 21.0. The van der Waals surface area contributed by atoms with Crippen LogP contribution < -0.4 is 10.8 Å². The molecule has 1 aliphatic rings. The van der Waals surface area contributed by atoms with Gasteiger partial charge in [0.2, 0.25) is 11.8 Å². The zero-order valence-corrected chi connectivity index (χ0v) is 25.7. The molecule has 44 heavy (non-hydrogen) atoms. The minimum absolute atomic E-state index is 0.000639. The van der Waals surface area contributed by atoms with Crippen LogP contribution in [0.25, 0.3) is 0 Å². The van der Waals surface area contributed by atoms with E-state index in [1.165, 1.54) is 5.56 Å². The van der Waals surface area contributed by atoms with Crippen molar-refractivity contribution in [3.05, 3.63) is 107 Å². The van der Waals surface area contributed by atoms with Gasteiger partial charge >= 0.3 is 0 Å². The molecule has 2 amide bonds. The van der Waals surface area contributed by atoms with Crippen molar-refractivity contribution in [1.82, 2.24) is 15.7 Å². The summed E-state index contributed by atoms with van der Waals surface area (Å²) in [5.74, 6) is -0.443. The van der Waals surface area contributed by atoms with E-state index in [0.29, 0.717) is 32.2 Å². The van der Waals surface area contributed by atoms with Gasteiger partial charge in [0.1, 0.15) is 0 Å². The first-order valence-corrected chi connectivity index (χ1v) is 15.4. The molecule has 0 aromatic heterocycles. The van der Waals surface area contributed by atoms with Crippen molar-refractivity contribution in [3.63, 3.8) is 0 Å². The standard InChI is InChI=1S/C35H45N3O6/c1-25(28-9-5-3-6-10-28)38(2)23-31-21-32(29-17-15-27(24-39)16-18-29)44-35(43-31)30-19-13-26(14-20-30)22-36-33(40)11-7-4-8-12-34(41)37-42/h3,5-6,9-10,13-20,25,31-32,35,39,42H,4,7-8,11-12,21-24H2,1-2H3,(H,36,40)(H,37,41)/t25-,31-,32+,35+/m0/s1. The summed E-state index contributed by atoms with van der Waals surface area (Å²) in [6, 6.07) is 26.5. The van der Waals surface area contributed by atoms with Gasteiger partial charge in [-0.2, -0.15) is 0 Å². The first-order chi connectivity index (χ1) is 21.4. The van der Waals surface area contributed by atoms with E-state index in [-0.39, 0.29) is 37.2 Å². The van der Waals surface area contributed by atoms with Crippen LogP contribution in [0, 0.1) is 0 Å². The molecule has 4 N–H and O–H groups in total. The number of hydrogen-bond acceptors (Lipinski definition) is 7. The zero-order chi connectivity index (χ0) is 31.3. The van der Waals surface area contributed by atoms with Gasteiger partial charge in [-0.1, -0.05) is 85.3 Å². The molecule has 9 heteroatoms. The molecule has 0 bridgehead atoms. The number of likely N-dealkylation sites (N-methyl/N-ethyl adjacent to an activating group) is 1. The molecule has 0 aliphatic carbocycles. The van der Waals surface area contributed by atoms with Crippen molar-refractivity contribution >= 4 is 11.8 Å². The molecule has 1 heterocycles. The number of ether oxygens (including phenoxy) is 2. The number of nitrogens with one attached hydrogen (secondary N) is 2. The van der Waals surface area contributed by atoms with Gasteiger partial charge < -0.3 is 19.9 Å². The van der Waals surface area contributed by atoms with Gasteiger partial charge in [0.25, 0.3) is 0 Å². The number of aliphatic hydroxyl groups is 1. The largest absolute Gasteiger partial charge is 0.392 e. The normalized spacial score (nSPS) is 19.0. The average molecular weight is 604 g/mol. The summed E-state index contributed by atoms with van der Waals surface area (Å²) in [6.45, 7) is 3.36. The van der Waals surface area contributed by atoms with Crippen molar-refractivity contribution in [2.45, 2.75) is 83.1 Å². The predicted octanol–water partition coefficient (Wildman–Crippen LogP) is 5.49. The highest BCUT2D eigenvalue weighted by atomic mass is 16.7. The first kappa shape index (κ1) is 33.3. The van der Waals surface area contributed by atoms with Crippen LogP contribution in [0.2, 0.25) is 0 Å². The van der Waals surface area contributed by atoms with Gasteiger partial charge in [0, 0.05) is 44.0 Å². The molecule has 4 rings (SSSR count). The summed E-state index contributed by atoms with van der Waals surface area (Å²) in [7, 11) is 2.12. The maximum atomic E-state index is 12.3. The SMILES string of the molecule is C[C@@H](c1ccccc1)N(C)C[C@@H]1C[C@H](c2ccc(CO)cc2)O[C@H](c2ccc(CNC(=O)CCCCCC(=O)NO)cc2)O1. The minimum atomic E-state index is -0.548. The Labute approximate surface area is 260 Å². The van der Waals surface area contributed by atoms with E-state index >= 15 is 0 Å². The predicted molar refractivity (Wildman–Crippen MR) is 167 cm³/mol. The maximum absolute atomic E-state index is 12.3. The summed E-state index contributed by atoms with van der Waals surface area (Å²) >= 11 is 0. The van der Waals surface area contributed by atoms with Gasteiger partial charge in [-0.25, -0.2) is 5.48 Å². The third-order valence-electron chi connectivity index (χ3n) is 8.22. The molecule has 1 saturated heterocycles. The van der Waals surface area contributed by atoms with E-state index < -0.39 is 12.2 Å². The molecule has 3 aromatic carbocycles. The minimum Gasteiger partial charge on any atom is -0.392 e. The van der Waals surface area contributed by atoms with Crippen molar-refractivity contribution in [2.24, 2.45) is 0 Å². The monoisotopic (exact) mass is 603 g/mol.